The first kappa shape index (κ1) is 24.5. The molecule has 1 unspecified atom stereocenters. The molecule has 1 fully saturated rings. The second kappa shape index (κ2) is 11.7. The molecule has 1 saturated heterocycles. The molecular weight excluding hydrogens is 443 g/mol. The van der Waals surface area contributed by atoms with E-state index in [1.54, 1.807) is 0 Å². The zero-order valence-electron chi connectivity index (χ0n) is 20.4. The lowest BCUT2D eigenvalue weighted by atomic mass is 10.0. The summed E-state index contributed by atoms with van der Waals surface area (Å²) in [5.41, 5.74) is 3.55. The van der Waals surface area contributed by atoms with Gasteiger partial charge < -0.3 is 19.9 Å². The Hall–Kier alpha value is -3.58. The Kier molecular flexibility index (Phi) is 8.21. The molecule has 1 heterocycles. The minimum Gasteiger partial charge on any atom is -0.484 e. The number of rotatable bonds is 9. The fourth-order valence-electron chi connectivity index (χ4n) is 4.32. The topological polar surface area (TPSA) is 48.1 Å². The highest BCUT2D eigenvalue weighted by atomic mass is 19.1. The summed E-state index contributed by atoms with van der Waals surface area (Å²) in [6, 6.07) is 24.7. The highest BCUT2D eigenvalue weighted by Crippen LogP contribution is 2.25. The average molecular weight is 477 g/mol. The van der Waals surface area contributed by atoms with Gasteiger partial charge >= 0.3 is 0 Å². The largest absolute Gasteiger partial charge is 0.484 e. The van der Waals surface area contributed by atoms with Gasteiger partial charge in [0.1, 0.15) is 11.6 Å². The number of carbonyl (C=O) groups is 1. The van der Waals surface area contributed by atoms with Crippen molar-refractivity contribution >= 4 is 17.3 Å². The first-order valence-corrected chi connectivity index (χ1v) is 12.0. The van der Waals surface area contributed by atoms with E-state index in [2.05, 4.69) is 68.5 Å². The summed E-state index contributed by atoms with van der Waals surface area (Å²) in [4.78, 5) is 19.5. The van der Waals surface area contributed by atoms with E-state index in [1.165, 1.54) is 35.5 Å². The number of amides is 1. The fraction of sp³-hybridized carbons (Fsp3) is 0.321. The predicted molar refractivity (Wildman–Crippen MR) is 139 cm³/mol. The molecule has 1 aliphatic rings. The molecular formula is C28H33FN4O2. The number of nitrogens with one attached hydrogen (secondary N) is 1. The number of anilines is 2. The average Bonchev–Trinajstić information content (AvgIpc) is 2.89. The first-order valence-electron chi connectivity index (χ1n) is 12.0. The van der Waals surface area contributed by atoms with Crippen molar-refractivity contribution in [3.8, 4) is 5.75 Å². The van der Waals surface area contributed by atoms with E-state index in [0.717, 1.165) is 31.9 Å². The first-order chi connectivity index (χ1) is 17.0. The van der Waals surface area contributed by atoms with Gasteiger partial charge in [-0.25, -0.2) is 4.39 Å². The molecule has 0 spiro atoms. The van der Waals surface area contributed by atoms with E-state index in [1.807, 2.05) is 20.2 Å². The van der Waals surface area contributed by atoms with Crippen molar-refractivity contribution in [1.29, 1.82) is 0 Å². The van der Waals surface area contributed by atoms with E-state index in [4.69, 9.17) is 4.74 Å². The van der Waals surface area contributed by atoms with Crippen molar-refractivity contribution in [3.05, 3.63) is 90.2 Å². The van der Waals surface area contributed by atoms with Gasteiger partial charge in [0.2, 0.25) is 0 Å². The SMILES string of the molecule is CN(C)c1ccc(C(CNC(=O)COc2ccc(F)cc2)N2CCN(c3ccccc3)CC2)cc1. The maximum Gasteiger partial charge on any atom is 0.258 e. The molecule has 1 amide bonds. The summed E-state index contributed by atoms with van der Waals surface area (Å²) in [5.74, 6) is -0.0705. The molecule has 7 heteroatoms. The van der Waals surface area contributed by atoms with E-state index in [-0.39, 0.29) is 24.4 Å². The Labute approximate surface area is 206 Å². The second-order valence-corrected chi connectivity index (χ2v) is 8.91. The van der Waals surface area contributed by atoms with Gasteiger partial charge in [-0.1, -0.05) is 30.3 Å². The lowest BCUT2D eigenvalue weighted by molar-refractivity contribution is -0.123. The van der Waals surface area contributed by atoms with E-state index in [9.17, 15) is 9.18 Å². The van der Waals surface area contributed by atoms with Gasteiger partial charge in [0, 0.05) is 58.2 Å². The summed E-state index contributed by atoms with van der Waals surface area (Å²) >= 11 is 0. The summed E-state index contributed by atoms with van der Waals surface area (Å²) in [5, 5.41) is 3.04. The third-order valence-corrected chi connectivity index (χ3v) is 6.35. The molecule has 1 atom stereocenters. The van der Waals surface area contributed by atoms with E-state index < -0.39 is 0 Å². The standard InChI is InChI=1S/C28H33FN4O2/c1-31(2)24-12-8-22(9-13-24)27(20-30-28(34)21-35-26-14-10-23(29)11-15-26)33-18-16-32(17-19-33)25-6-4-3-5-7-25/h3-15,27H,16-21H2,1-2H3,(H,30,34). The van der Waals surface area contributed by atoms with Crippen molar-refractivity contribution < 1.29 is 13.9 Å². The van der Waals surface area contributed by atoms with E-state index in [0.29, 0.717) is 12.3 Å². The van der Waals surface area contributed by atoms with Crippen LogP contribution < -0.4 is 19.9 Å². The molecule has 0 bridgehead atoms. The zero-order valence-corrected chi connectivity index (χ0v) is 20.4. The smallest absolute Gasteiger partial charge is 0.258 e. The Morgan fingerprint density at radius 1 is 0.943 bits per heavy atom. The molecule has 6 nitrogen and oxygen atoms in total. The molecule has 0 aliphatic carbocycles. The highest BCUT2D eigenvalue weighted by molar-refractivity contribution is 5.77. The van der Waals surface area contributed by atoms with E-state index >= 15 is 0 Å². The lowest BCUT2D eigenvalue weighted by Gasteiger charge is -2.40. The molecule has 1 N–H and O–H groups in total. The Bertz CT molecular complexity index is 1070. The number of carbonyl (C=O) groups excluding carboxylic acids is 1. The summed E-state index contributed by atoms with van der Waals surface area (Å²) in [6.45, 7) is 4.03. The van der Waals surface area contributed by atoms with Crippen LogP contribution in [0.3, 0.4) is 0 Å². The van der Waals surface area contributed by atoms with Gasteiger partial charge in [0.05, 0.1) is 6.04 Å². The van der Waals surface area contributed by atoms with Crippen LogP contribution in [0.4, 0.5) is 15.8 Å². The minimum absolute atomic E-state index is 0.0545. The van der Waals surface area contributed by atoms with Gasteiger partial charge in [-0.2, -0.15) is 0 Å². The van der Waals surface area contributed by atoms with Crippen LogP contribution in [0, 0.1) is 5.82 Å². The maximum atomic E-state index is 13.1. The molecule has 0 saturated carbocycles. The summed E-state index contributed by atoms with van der Waals surface area (Å²) in [6.07, 6.45) is 0. The van der Waals surface area contributed by atoms with Gasteiger partial charge in [0.15, 0.2) is 6.61 Å². The Morgan fingerprint density at radius 2 is 1.60 bits per heavy atom. The van der Waals surface area contributed by atoms with Crippen molar-refractivity contribution in [2.24, 2.45) is 0 Å². The van der Waals surface area contributed by atoms with Crippen LogP contribution in [-0.4, -0.2) is 64.2 Å². The van der Waals surface area contributed by atoms with Crippen LogP contribution in [0.5, 0.6) is 5.75 Å². The number of ether oxygens (including phenoxy) is 1. The van der Waals surface area contributed by atoms with Crippen LogP contribution in [0.25, 0.3) is 0 Å². The molecule has 0 aromatic heterocycles. The van der Waals surface area contributed by atoms with Gasteiger partial charge in [-0.15, -0.1) is 0 Å². The molecule has 3 aromatic rings. The number of piperazine rings is 1. The van der Waals surface area contributed by atoms with Crippen molar-refractivity contribution in [2.75, 3.05) is 63.2 Å². The van der Waals surface area contributed by atoms with Crippen molar-refractivity contribution in [2.45, 2.75) is 6.04 Å². The normalized spacial score (nSPS) is 14.9. The number of nitrogens with zero attached hydrogens (tertiary/aromatic N) is 3. The van der Waals surface area contributed by atoms with Crippen LogP contribution in [0.1, 0.15) is 11.6 Å². The molecule has 35 heavy (non-hydrogen) atoms. The number of para-hydroxylation sites is 1. The Morgan fingerprint density at radius 3 is 2.23 bits per heavy atom. The monoisotopic (exact) mass is 476 g/mol. The maximum absolute atomic E-state index is 13.1. The highest BCUT2D eigenvalue weighted by Gasteiger charge is 2.26. The molecule has 4 rings (SSSR count). The number of hydrogen-bond acceptors (Lipinski definition) is 5. The third-order valence-electron chi connectivity index (χ3n) is 6.35. The number of benzene rings is 3. The molecule has 0 radical (unpaired) electrons. The summed E-state index contributed by atoms with van der Waals surface area (Å²) < 4.78 is 18.6. The number of hydrogen-bond donors (Lipinski definition) is 1. The zero-order chi connectivity index (χ0) is 24.6. The quantitative estimate of drug-likeness (QED) is 0.507. The number of halogens is 1. The van der Waals surface area contributed by atoms with Gasteiger partial charge in [-0.3, -0.25) is 9.69 Å². The second-order valence-electron chi connectivity index (χ2n) is 8.91. The van der Waals surface area contributed by atoms with Crippen LogP contribution in [0.2, 0.25) is 0 Å². The van der Waals surface area contributed by atoms with Gasteiger partial charge in [-0.05, 0) is 54.1 Å². The summed E-state index contributed by atoms with van der Waals surface area (Å²) in [7, 11) is 4.05. The fourth-order valence-corrected chi connectivity index (χ4v) is 4.32. The molecule has 3 aromatic carbocycles. The Balaban J connectivity index is 1.39. The van der Waals surface area contributed by atoms with Crippen LogP contribution >= 0.6 is 0 Å². The third kappa shape index (κ3) is 6.73. The molecule has 184 valence electrons. The van der Waals surface area contributed by atoms with Crippen LogP contribution in [0.15, 0.2) is 78.9 Å². The minimum atomic E-state index is -0.336. The lowest BCUT2D eigenvalue weighted by Crippen LogP contribution is -2.50. The van der Waals surface area contributed by atoms with Crippen molar-refractivity contribution in [1.82, 2.24) is 10.2 Å². The van der Waals surface area contributed by atoms with Gasteiger partial charge in [0.25, 0.3) is 5.91 Å². The predicted octanol–water partition coefficient (Wildman–Crippen LogP) is 3.95. The molecule has 1 aliphatic heterocycles. The van der Waals surface area contributed by atoms with Crippen LogP contribution in [-0.2, 0) is 4.79 Å². The van der Waals surface area contributed by atoms with Crippen molar-refractivity contribution in [3.63, 3.8) is 0 Å².